The van der Waals surface area contributed by atoms with E-state index in [0.717, 1.165) is 11.1 Å². The summed E-state index contributed by atoms with van der Waals surface area (Å²) < 4.78 is 30.5. The Morgan fingerprint density at radius 2 is 1.52 bits per heavy atom. The molecule has 2 aliphatic heterocycles. The van der Waals surface area contributed by atoms with Gasteiger partial charge >= 0.3 is 6.09 Å². The molecule has 13 heteroatoms. The summed E-state index contributed by atoms with van der Waals surface area (Å²) in [7, 11) is -3.16. The van der Waals surface area contributed by atoms with Crippen LogP contribution in [0.2, 0.25) is 5.02 Å². The van der Waals surface area contributed by atoms with Crippen LogP contribution in [-0.4, -0.2) is 91.1 Å². The van der Waals surface area contributed by atoms with Gasteiger partial charge in [0.05, 0.1) is 6.26 Å². The van der Waals surface area contributed by atoms with E-state index in [2.05, 4.69) is 15.5 Å². The normalized spacial score (nSPS) is 17.6. The molecule has 2 heterocycles. The van der Waals surface area contributed by atoms with E-state index < -0.39 is 27.8 Å². The number of halogens is 1. The Morgan fingerprint density at radius 3 is 2.15 bits per heavy atom. The summed E-state index contributed by atoms with van der Waals surface area (Å²) in [4.78, 5) is 42.5. The van der Waals surface area contributed by atoms with Crippen LogP contribution >= 0.6 is 11.6 Å². The first-order valence-corrected chi connectivity index (χ1v) is 18.2. The minimum Gasteiger partial charge on any atom is -0.444 e. The summed E-state index contributed by atoms with van der Waals surface area (Å²) >= 11 is 6.54. The number of likely N-dealkylation sites (tertiary alicyclic amines) is 1. The van der Waals surface area contributed by atoms with Gasteiger partial charge in [0.25, 0.3) is 5.91 Å². The molecule has 0 unspecified atom stereocenters. The molecule has 0 saturated carbocycles. The highest BCUT2D eigenvalue weighted by Crippen LogP contribution is 2.32. The molecule has 0 radical (unpaired) electrons. The molecule has 0 spiro atoms. The van der Waals surface area contributed by atoms with Gasteiger partial charge in [-0.3, -0.25) is 19.4 Å². The number of hydrogen-bond donors (Lipinski definition) is 2. The maximum absolute atomic E-state index is 13.2. The first-order valence-electron chi connectivity index (χ1n) is 15.9. The zero-order valence-electron chi connectivity index (χ0n) is 27.7. The molecular weight excluding hydrogens is 654 g/mol. The molecule has 0 aliphatic carbocycles. The summed E-state index contributed by atoms with van der Waals surface area (Å²) in [5, 5.41) is 6.33. The summed E-state index contributed by atoms with van der Waals surface area (Å²) in [5.41, 5.74) is 3.54. The number of piperazine rings is 1. The zero-order chi connectivity index (χ0) is 34.6. The van der Waals surface area contributed by atoms with Crippen molar-refractivity contribution in [3.05, 3.63) is 82.9 Å². The van der Waals surface area contributed by atoms with E-state index in [1.807, 2.05) is 24.3 Å². The number of hydrogen-bond acceptors (Lipinski definition) is 7. The monoisotopic (exact) mass is 695 g/mol. The molecule has 3 amide bonds. The molecule has 3 aromatic rings. The highest BCUT2D eigenvalue weighted by molar-refractivity contribution is 7.88. The van der Waals surface area contributed by atoms with E-state index in [0.29, 0.717) is 79.6 Å². The average Bonchev–Trinajstić information content (AvgIpc) is 3.53. The molecule has 2 saturated heterocycles. The van der Waals surface area contributed by atoms with Crippen LogP contribution in [0, 0.1) is 0 Å². The predicted molar refractivity (Wildman–Crippen MR) is 188 cm³/mol. The van der Waals surface area contributed by atoms with Gasteiger partial charge in [-0.05, 0) is 87.2 Å². The van der Waals surface area contributed by atoms with E-state index in [9.17, 15) is 22.8 Å². The molecular formula is C35H42ClN5O6S. The lowest BCUT2D eigenvalue weighted by molar-refractivity contribution is -0.120. The number of carbonyl (C=O) groups excluding carboxylic acids is 3. The van der Waals surface area contributed by atoms with E-state index in [1.54, 1.807) is 63.2 Å². The minimum absolute atomic E-state index is 0.260. The van der Waals surface area contributed by atoms with Crippen molar-refractivity contribution in [2.45, 2.75) is 51.8 Å². The molecule has 0 aromatic heterocycles. The molecule has 5 rings (SSSR count). The number of rotatable bonds is 8. The van der Waals surface area contributed by atoms with E-state index >= 15 is 0 Å². The number of nitrogens with zero attached hydrogens (tertiary/aromatic N) is 3. The van der Waals surface area contributed by atoms with Crippen LogP contribution in [0.1, 0.15) is 49.5 Å². The second kappa shape index (κ2) is 14.7. The fraction of sp³-hybridized carbons (Fsp3) is 0.400. The standard InChI is InChI=1S/C35H42ClN5O6S/c1-35(2,3)47-34(44)41-17-5-6-31(41)33(43)38-28-15-16-30(36)29(22-28)25-9-11-26(12-10-25)32(42)37-27-13-7-24(8-14-27)23-39-18-20-40(21-19-39)48(4,45)46/h7-16,22,31H,5-6,17-21,23H2,1-4H3,(H,37,42)(H,38,43)/t31-/m1/s1. The van der Waals surface area contributed by atoms with Crippen LogP contribution in [0.3, 0.4) is 0 Å². The van der Waals surface area contributed by atoms with Crippen LogP contribution < -0.4 is 10.6 Å². The number of sulfonamides is 1. The van der Waals surface area contributed by atoms with Gasteiger partial charge < -0.3 is 15.4 Å². The first-order chi connectivity index (χ1) is 22.7. The maximum Gasteiger partial charge on any atom is 0.410 e. The smallest absolute Gasteiger partial charge is 0.410 e. The molecule has 2 aliphatic rings. The summed E-state index contributed by atoms with van der Waals surface area (Å²) in [6.07, 6.45) is 2.00. The molecule has 1 atom stereocenters. The second-order valence-corrected chi connectivity index (χ2v) is 15.6. The molecule has 0 bridgehead atoms. The van der Waals surface area contributed by atoms with Crippen LogP contribution in [0.15, 0.2) is 66.7 Å². The molecule has 2 fully saturated rings. The number of nitrogens with one attached hydrogen (secondary N) is 2. The molecule has 2 N–H and O–H groups in total. The van der Waals surface area contributed by atoms with Crippen molar-refractivity contribution in [2.24, 2.45) is 0 Å². The highest BCUT2D eigenvalue weighted by atomic mass is 35.5. The van der Waals surface area contributed by atoms with Crippen molar-refractivity contribution in [1.29, 1.82) is 0 Å². The Kier molecular flexibility index (Phi) is 10.8. The number of amides is 3. The lowest BCUT2D eigenvalue weighted by Crippen LogP contribution is -2.47. The maximum atomic E-state index is 13.2. The van der Waals surface area contributed by atoms with Crippen molar-refractivity contribution >= 4 is 50.9 Å². The van der Waals surface area contributed by atoms with Crippen molar-refractivity contribution < 1.29 is 27.5 Å². The molecule has 11 nitrogen and oxygen atoms in total. The second-order valence-electron chi connectivity index (χ2n) is 13.2. The van der Waals surface area contributed by atoms with Gasteiger partial charge in [0, 0.05) is 66.8 Å². The van der Waals surface area contributed by atoms with Gasteiger partial charge in [-0.1, -0.05) is 35.9 Å². The Hall–Kier alpha value is -3.97. The Labute approximate surface area is 287 Å². The SMILES string of the molecule is CC(C)(C)OC(=O)N1CCC[C@@H]1C(=O)Nc1ccc(Cl)c(-c2ccc(C(=O)Nc3ccc(CN4CCN(S(C)(=O)=O)CC4)cc3)cc2)c1. The third kappa shape index (κ3) is 9.13. The number of ether oxygens (including phenoxy) is 1. The highest BCUT2D eigenvalue weighted by Gasteiger charge is 2.36. The summed E-state index contributed by atoms with van der Waals surface area (Å²) in [5.74, 6) is -0.552. The molecule has 48 heavy (non-hydrogen) atoms. The lowest BCUT2D eigenvalue weighted by atomic mass is 10.0. The fourth-order valence-electron chi connectivity index (χ4n) is 5.80. The van der Waals surface area contributed by atoms with Gasteiger partial charge in [-0.2, -0.15) is 4.31 Å². The minimum atomic E-state index is -3.16. The number of anilines is 2. The molecule has 3 aromatic carbocycles. The van der Waals surface area contributed by atoms with Gasteiger partial charge in [0.1, 0.15) is 11.6 Å². The van der Waals surface area contributed by atoms with Gasteiger partial charge in [0.2, 0.25) is 15.9 Å². The van der Waals surface area contributed by atoms with E-state index in [-0.39, 0.29) is 11.8 Å². The third-order valence-corrected chi connectivity index (χ3v) is 9.93. The zero-order valence-corrected chi connectivity index (χ0v) is 29.2. The summed E-state index contributed by atoms with van der Waals surface area (Å²) in [6.45, 7) is 8.84. The van der Waals surface area contributed by atoms with Gasteiger partial charge in [-0.15, -0.1) is 0 Å². The van der Waals surface area contributed by atoms with Crippen LogP contribution in [-0.2, 0) is 26.1 Å². The number of benzene rings is 3. The topological polar surface area (TPSA) is 128 Å². The lowest BCUT2D eigenvalue weighted by Gasteiger charge is -2.33. The van der Waals surface area contributed by atoms with Crippen molar-refractivity contribution in [1.82, 2.24) is 14.1 Å². The van der Waals surface area contributed by atoms with E-state index in [4.69, 9.17) is 16.3 Å². The fourth-order valence-corrected chi connectivity index (χ4v) is 6.86. The predicted octanol–water partition coefficient (Wildman–Crippen LogP) is 5.67. The largest absolute Gasteiger partial charge is 0.444 e. The summed E-state index contributed by atoms with van der Waals surface area (Å²) in [6, 6.07) is 19.2. The quantitative estimate of drug-likeness (QED) is 0.311. The average molecular weight is 696 g/mol. The van der Waals surface area contributed by atoms with E-state index in [1.165, 1.54) is 15.5 Å². The van der Waals surface area contributed by atoms with Crippen LogP contribution in [0.25, 0.3) is 11.1 Å². The third-order valence-electron chi connectivity index (χ3n) is 8.29. The first kappa shape index (κ1) is 35.3. The Balaban J connectivity index is 1.17. The molecule has 256 valence electrons. The number of carbonyl (C=O) groups is 3. The van der Waals surface area contributed by atoms with Gasteiger partial charge in [-0.25, -0.2) is 13.2 Å². The van der Waals surface area contributed by atoms with Crippen LogP contribution in [0.5, 0.6) is 0 Å². The Bertz CT molecular complexity index is 1750. The van der Waals surface area contributed by atoms with Crippen molar-refractivity contribution in [2.75, 3.05) is 49.6 Å². The van der Waals surface area contributed by atoms with Gasteiger partial charge in [0.15, 0.2) is 0 Å². The van der Waals surface area contributed by atoms with Crippen molar-refractivity contribution in [3.63, 3.8) is 0 Å². The Morgan fingerprint density at radius 1 is 0.875 bits per heavy atom. The van der Waals surface area contributed by atoms with Crippen molar-refractivity contribution in [3.8, 4) is 11.1 Å². The van der Waals surface area contributed by atoms with Crippen LogP contribution in [0.4, 0.5) is 16.2 Å².